The van der Waals surface area contributed by atoms with Crippen LogP contribution in [0.1, 0.15) is 58.9 Å². The summed E-state index contributed by atoms with van der Waals surface area (Å²) >= 11 is 3.63. The monoisotopic (exact) mass is 648 g/mol. The Morgan fingerprint density at radius 2 is 1.77 bits per heavy atom. The van der Waals surface area contributed by atoms with Crippen LogP contribution in [0, 0.1) is 6.92 Å². The van der Waals surface area contributed by atoms with E-state index in [-0.39, 0.29) is 29.7 Å². The molecule has 6 rings (SSSR count). The smallest absolute Gasteiger partial charge is 0.335 e. The molecule has 43 heavy (non-hydrogen) atoms. The third kappa shape index (κ3) is 6.71. The number of pyridine rings is 1. The molecule has 226 valence electrons. The summed E-state index contributed by atoms with van der Waals surface area (Å²) in [6, 6.07) is 19.3. The second-order valence-electron chi connectivity index (χ2n) is 11.6. The number of hydrogen-bond donors (Lipinski definition) is 1. The van der Waals surface area contributed by atoms with Crippen molar-refractivity contribution in [3.63, 3.8) is 0 Å². The Morgan fingerprint density at radius 3 is 2.44 bits per heavy atom. The van der Waals surface area contributed by atoms with Crippen molar-refractivity contribution < 1.29 is 24.2 Å². The molecule has 3 saturated heterocycles. The Kier molecular flexibility index (Phi) is 8.97. The molecule has 3 aromatic rings. The maximum atomic E-state index is 13.9. The number of halogens is 1. The number of urea groups is 1. The van der Waals surface area contributed by atoms with Gasteiger partial charge in [-0.15, -0.1) is 0 Å². The lowest BCUT2D eigenvalue weighted by Crippen LogP contribution is -2.48. The van der Waals surface area contributed by atoms with E-state index in [9.17, 15) is 9.59 Å². The lowest BCUT2D eigenvalue weighted by atomic mass is 9.98. The number of aromatic nitrogens is 1. The van der Waals surface area contributed by atoms with Gasteiger partial charge in [-0.05, 0) is 80.1 Å². The summed E-state index contributed by atoms with van der Waals surface area (Å²) in [5, 5.41) is 9.09. The average Bonchev–Trinajstić information content (AvgIpc) is 3.36. The van der Waals surface area contributed by atoms with Crippen molar-refractivity contribution in [1.82, 2.24) is 19.7 Å². The molecule has 0 spiro atoms. The molecule has 1 N–H and O–H groups in total. The molecule has 0 saturated carbocycles. The lowest BCUT2D eigenvalue weighted by molar-refractivity contribution is 0.0493. The van der Waals surface area contributed by atoms with E-state index in [1.165, 1.54) is 17.7 Å². The fourth-order valence-electron chi connectivity index (χ4n) is 6.50. The van der Waals surface area contributed by atoms with E-state index >= 15 is 0 Å². The minimum absolute atomic E-state index is 0.0451. The molecule has 0 aliphatic carbocycles. The van der Waals surface area contributed by atoms with Gasteiger partial charge < -0.3 is 24.4 Å². The van der Waals surface area contributed by atoms with Crippen LogP contribution >= 0.6 is 15.9 Å². The van der Waals surface area contributed by atoms with Crippen molar-refractivity contribution in [2.24, 2.45) is 0 Å². The minimum atomic E-state index is -0.970. The highest BCUT2D eigenvalue weighted by Crippen LogP contribution is 2.38. The Morgan fingerprint density at radius 1 is 1.02 bits per heavy atom. The van der Waals surface area contributed by atoms with Gasteiger partial charge in [0.15, 0.2) is 0 Å². The zero-order valence-electron chi connectivity index (χ0n) is 24.3. The lowest BCUT2D eigenvalue weighted by Gasteiger charge is -2.39. The summed E-state index contributed by atoms with van der Waals surface area (Å²) in [6.45, 7) is 6.75. The van der Waals surface area contributed by atoms with E-state index in [0.29, 0.717) is 11.6 Å². The van der Waals surface area contributed by atoms with Crippen LogP contribution in [-0.4, -0.2) is 81.7 Å². The van der Waals surface area contributed by atoms with E-state index in [4.69, 9.17) is 14.6 Å². The highest BCUT2D eigenvalue weighted by atomic mass is 79.9. The van der Waals surface area contributed by atoms with Crippen molar-refractivity contribution >= 4 is 27.9 Å². The van der Waals surface area contributed by atoms with Crippen LogP contribution in [-0.2, 0) is 11.3 Å². The van der Waals surface area contributed by atoms with Crippen molar-refractivity contribution in [2.45, 2.75) is 57.3 Å². The van der Waals surface area contributed by atoms with Gasteiger partial charge in [0.05, 0.1) is 11.6 Å². The van der Waals surface area contributed by atoms with Crippen LogP contribution in [0.3, 0.4) is 0 Å². The van der Waals surface area contributed by atoms with Crippen LogP contribution in [0.2, 0.25) is 0 Å². The first-order chi connectivity index (χ1) is 20.9. The summed E-state index contributed by atoms with van der Waals surface area (Å²) in [5.74, 6) is 0.0464. The van der Waals surface area contributed by atoms with Crippen LogP contribution in [0.15, 0.2) is 65.1 Å². The number of carbonyl (C=O) groups is 2. The normalized spacial score (nSPS) is 20.5. The third-order valence-electron chi connectivity index (χ3n) is 8.87. The van der Waals surface area contributed by atoms with Gasteiger partial charge in [-0.25, -0.2) is 14.6 Å². The van der Waals surface area contributed by atoms with E-state index in [2.05, 4.69) is 59.9 Å². The van der Waals surface area contributed by atoms with Crippen LogP contribution in [0.5, 0.6) is 11.6 Å². The summed E-state index contributed by atoms with van der Waals surface area (Å²) in [5.41, 5.74) is 3.44. The molecule has 0 radical (unpaired) electrons. The number of nitrogens with zero attached hydrogens (tertiary/aromatic N) is 4. The fraction of sp³-hybridized carbons (Fsp3) is 0.424. The molecule has 3 aliphatic rings. The standard InChI is InChI=1S/C33H37BrN4O5/c1-22-25(7-10-31(35-22)43-29-8-5-23(6-9-29)32(39)40)20-36-15-11-28(12-16-36)38-30(24-3-2-4-26(34)19-24)21-37(33(38)41)27-13-17-42-18-14-27/h2-10,19,27-28,30H,11-18,20-21H2,1H3,(H,39,40). The number of hydrogen-bond acceptors (Lipinski definition) is 6. The molecule has 10 heteroatoms. The molecule has 2 amide bonds. The van der Waals surface area contributed by atoms with Crippen molar-refractivity contribution in [1.29, 1.82) is 0 Å². The second-order valence-corrected chi connectivity index (χ2v) is 12.5. The van der Waals surface area contributed by atoms with Gasteiger partial charge >= 0.3 is 12.0 Å². The maximum absolute atomic E-state index is 13.9. The molecule has 1 atom stereocenters. The topological polar surface area (TPSA) is 95.4 Å². The second kappa shape index (κ2) is 13.0. The molecule has 2 aromatic carbocycles. The van der Waals surface area contributed by atoms with Gasteiger partial charge in [0, 0.05) is 67.7 Å². The first-order valence-corrected chi connectivity index (χ1v) is 15.8. The van der Waals surface area contributed by atoms with Crippen molar-refractivity contribution in [3.05, 3.63) is 87.5 Å². The quantitative estimate of drug-likeness (QED) is 0.308. The Labute approximate surface area is 260 Å². The summed E-state index contributed by atoms with van der Waals surface area (Å²) in [6.07, 6.45) is 3.66. The number of carboxylic acids is 1. The van der Waals surface area contributed by atoms with Gasteiger partial charge in [-0.3, -0.25) is 4.90 Å². The first-order valence-electron chi connectivity index (χ1n) is 15.0. The molecule has 0 bridgehead atoms. The number of piperidine rings is 1. The van der Waals surface area contributed by atoms with Crippen LogP contribution in [0.25, 0.3) is 0 Å². The average molecular weight is 650 g/mol. The van der Waals surface area contributed by atoms with E-state index < -0.39 is 5.97 Å². The largest absolute Gasteiger partial charge is 0.478 e. The number of likely N-dealkylation sites (tertiary alicyclic amines) is 1. The van der Waals surface area contributed by atoms with E-state index in [1.807, 2.05) is 19.1 Å². The predicted octanol–water partition coefficient (Wildman–Crippen LogP) is 6.27. The fourth-order valence-corrected chi connectivity index (χ4v) is 6.92. The van der Waals surface area contributed by atoms with Crippen LogP contribution < -0.4 is 4.74 Å². The van der Waals surface area contributed by atoms with Gasteiger partial charge in [0.2, 0.25) is 5.88 Å². The van der Waals surface area contributed by atoms with Crippen molar-refractivity contribution in [2.75, 3.05) is 32.8 Å². The molecular weight excluding hydrogens is 612 g/mol. The van der Waals surface area contributed by atoms with Crippen LogP contribution in [0.4, 0.5) is 4.79 Å². The zero-order valence-corrected chi connectivity index (χ0v) is 25.9. The van der Waals surface area contributed by atoms with Crippen molar-refractivity contribution in [3.8, 4) is 11.6 Å². The molecule has 9 nitrogen and oxygen atoms in total. The number of aromatic carboxylic acids is 1. The van der Waals surface area contributed by atoms with Gasteiger partial charge in [-0.2, -0.15) is 0 Å². The van der Waals surface area contributed by atoms with E-state index in [1.54, 1.807) is 12.1 Å². The summed E-state index contributed by atoms with van der Waals surface area (Å²) in [7, 11) is 0. The molecule has 1 unspecified atom stereocenters. The zero-order chi connectivity index (χ0) is 29.9. The number of aryl methyl sites for hydroxylation is 1. The Balaban J connectivity index is 1.09. The number of ether oxygens (including phenoxy) is 2. The number of carbonyl (C=O) groups excluding carboxylic acids is 1. The summed E-state index contributed by atoms with van der Waals surface area (Å²) in [4.78, 5) is 36.4. The number of benzene rings is 2. The molecule has 3 aliphatic heterocycles. The molecular formula is C33H37BrN4O5. The highest BCUT2D eigenvalue weighted by Gasteiger charge is 2.45. The summed E-state index contributed by atoms with van der Waals surface area (Å²) < 4.78 is 12.5. The third-order valence-corrected chi connectivity index (χ3v) is 9.37. The molecule has 4 heterocycles. The predicted molar refractivity (Wildman–Crippen MR) is 165 cm³/mol. The number of carboxylic acid groups (broad SMARTS) is 1. The number of amides is 2. The number of rotatable bonds is 8. The molecule has 1 aromatic heterocycles. The highest BCUT2D eigenvalue weighted by molar-refractivity contribution is 9.10. The first kappa shape index (κ1) is 29.6. The van der Waals surface area contributed by atoms with E-state index in [0.717, 1.165) is 80.8 Å². The Hall–Kier alpha value is -3.47. The molecule has 3 fully saturated rings. The van der Waals surface area contributed by atoms with Gasteiger partial charge in [0.1, 0.15) is 5.75 Å². The maximum Gasteiger partial charge on any atom is 0.335 e. The van der Waals surface area contributed by atoms with Gasteiger partial charge in [0.25, 0.3) is 0 Å². The minimum Gasteiger partial charge on any atom is -0.478 e. The van der Waals surface area contributed by atoms with Gasteiger partial charge in [-0.1, -0.05) is 34.1 Å². The SMILES string of the molecule is Cc1nc(Oc2ccc(C(=O)O)cc2)ccc1CN1CCC(N2C(=O)N(C3CCOCC3)CC2c2cccc(Br)c2)CC1. The Bertz CT molecular complexity index is 1450.